The molecule has 39 heavy (non-hydrogen) atoms. The van der Waals surface area contributed by atoms with Crippen LogP contribution in [0.15, 0.2) is 71.3 Å². The van der Waals surface area contributed by atoms with E-state index in [2.05, 4.69) is 35.9 Å². The van der Waals surface area contributed by atoms with E-state index in [1.165, 1.54) is 12.1 Å². The third kappa shape index (κ3) is 6.63. The molecule has 2 aromatic carbocycles. The average Bonchev–Trinajstić information content (AvgIpc) is 3.20. The van der Waals surface area contributed by atoms with Gasteiger partial charge in [-0.15, -0.1) is 13.2 Å². The Morgan fingerprint density at radius 2 is 1.95 bits per heavy atom. The third-order valence-corrected chi connectivity index (χ3v) is 7.11. The lowest BCUT2D eigenvalue weighted by atomic mass is 10.0. The van der Waals surface area contributed by atoms with Crippen molar-refractivity contribution >= 4 is 50.5 Å². The highest BCUT2D eigenvalue weighted by Crippen LogP contribution is 2.33. The van der Waals surface area contributed by atoms with Crippen molar-refractivity contribution in [2.75, 3.05) is 13.1 Å². The van der Waals surface area contributed by atoms with E-state index >= 15 is 0 Å². The van der Waals surface area contributed by atoms with Crippen LogP contribution in [0.2, 0.25) is 5.15 Å². The maximum absolute atomic E-state index is 13.3. The van der Waals surface area contributed by atoms with E-state index in [0.717, 1.165) is 44.3 Å². The van der Waals surface area contributed by atoms with Crippen LogP contribution < -0.4 is 10.1 Å². The van der Waals surface area contributed by atoms with Crippen LogP contribution in [0.5, 0.6) is 5.75 Å². The van der Waals surface area contributed by atoms with Crippen molar-refractivity contribution in [2.45, 2.75) is 25.9 Å². The maximum atomic E-state index is 13.3. The number of amides is 1. The summed E-state index contributed by atoms with van der Waals surface area (Å²) in [7, 11) is 0. The minimum absolute atomic E-state index is 0.206. The minimum Gasteiger partial charge on any atom is -0.406 e. The first-order chi connectivity index (χ1) is 18.7. The summed E-state index contributed by atoms with van der Waals surface area (Å²) >= 11 is 9.53. The van der Waals surface area contributed by atoms with Crippen LogP contribution >= 0.6 is 27.5 Å². The predicted molar refractivity (Wildman–Crippen MR) is 148 cm³/mol. The van der Waals surface area contributed by atoms with Crippen LogP contribution in [-0.2, 0) is 19.5 Å². The Hall–Kier alpha value is -3.34. The fraction of sp³-hybridized carbons (Fsp3) is 0.214. The van der Waals surface area contributed by atoms with E-state index in [9.17, 15) is 18.0 Å². The quantitative estimate of drug-likeness (QED) is 0.232. The zero-order chi connectivity index (χ0) is 27.6. The van der Waals surface area contributed by atoms with Gasteiger partial charge in [-0.3, -0.25) is 9.47 Å². The van der Waals surface area contributed by atoms with Crippen LogP contribution in [0.1, 0.15) is 22.4 Å². The monoisotopic (exact) mass is 618 g/mol. The number of ether oxygens (including phenoxy) is 1. The first-order valence-corrected chi connectivity index (χ1v) is 13.3. The summed E-state index contributed by atoms with van der Waals surface area (Å²) in [5.41, 5.74) is 4.55. The number of carbonyl (C=O) groups excluding carboxylic acids is 1. The molecule has 11 heteroatoms. The number of nitrogens with zero attached hydrogens (tertiary/aromatic N) is 3. The molecule has 3 heterocycles. The number of fused-ring (bicyclic) bond motifs is 3. The lowest BCUT2D eigenvalue weighted by molar-refractivity contribution is -0.274. The first-order valence-electron chi connectivity index (χ1n) is 12.1. The Bertz CT molecular complexity index is 1540. The van der Waals surface area contributed by atoms with Gasteiger partial charge in [0.1, 0.15) is 10.9 Å². The number of benzene rings is 2. The number of hydrogen-bond donors (Lipinski definition) is 1. The second kappa shape index (κ2) is 11.4. The number of carbonyl (C=O) groups is 1. The molecule has 0 bridgehead atoms. The molecule has 0 fully saturated rings. The van der Waals surface area contributed by atoms with Gasteiger partial charge < -0.3 is 10.1 Å². The summed E-state index contributed by atoms with van der Waals surface area (Å²) in [6.07, 6.45) is 1.43. The fourth-order valence-corrected chi connectivity index (χ4v) is 5.26. The number of alkyl halides is 3. The molecule has 202 valence electrons. The normalized spacial score (nSPS) is 14.1. The van der Waals surface area contributed by atoms with Gasteiger partial charge in [-0.2, -0.15) is 0 Å². The summed E-state index contributed by atoms with van der Waals surface area (Å²) in [4.78, 5) is 19.6. The zero-order valence-corrected chi connectivity index (χ0v) is 22.9. The van der Waals surface area contributed by atoms with Gasteiger partial charge >= 0.3 is 12.4 Å². The van der Waals surface area contributed by atoms with E-state index in [1.807, 2.05) is 36.4 Å². The van der Waals surface area contributed by atoms with Gasteiger partial charge in [-0.1, -0.05) is 51.8 Å². The van der Waals surface area contributed by atoms with Gasteiger partial charge in [-0.25, -0.2) is 9.78 Å². The number of nitrogens with one attached hydrogen (secondary N) is 1. The number of aromatic nitrogens is 2. The van der Waals surface area contributed by atoms with Crippen LogP contribution in [0, 0.1) is 0 Å². The molecule has 4 aromatic rings. The van der Waals surface area contributed by atoms with Crippen LogP contribution in [-0.4, -0.2) is 39.9 Å². The second-order valence-electron chi connectivity index (χ2n) is 9.07. The minimum atomic E-state index is -4.71. The van der Waals surface area contributed by atoms with E-state index in [4.69, 9.17) is 11.6 Å². The van der Waals surface area contributed by atoms with Crippen molar-refractivity contribution in [1.29, 1.82) is 0 Å². The van der Waals surface area contributed by atoms with Gasteiger partial charge in [0.2, 0.25) is 0 Å². The SMILES string of the molecule is O=C(NCc1ccnc(Cl)c1)n1c2c(c3cc(Br)ccc31)CN(CC=Cc1ccc(OC(F)(F)F)cc1)CC2. The molecule has 2 aromatic heterocycles. The first kappa shape index (κ1) is 27.2. The molecule has 0 radical (unpaired) electrons. The van der Waals surface area contributed by atoms with E-state index in [0.29, 0.717) is 31.2 Å². The molecule has 1 amide bonds. The molecule has 6 nitrogen and oxygen atoms in total. The smallest absolute Gasteiger partial charge is 0.406 e. The molecule has 0 saturated heterocycles. The van der Waals surface area contributed by atoms with Crippen LogP contribution in [0.25, 0.3) is 17.0 Å². The number of halogens is 5. The third-order valence-electron chi connectivity index (χ3n) is 6.41. The largest absolute Gasteiger partial charge is 0.573 e. The van der Waals surface area contributed by atoms with Gasteiger partial charge in [0.05, 0.1) is 5.52 Å². The fourth-order valence-electron chi connectivity index (χ4n) is 4.70. The van der Waals surface area contributed by atoms with Crippen molar-refractivity contribution < 1.29 is 22.7 Å². The predicted octanol–water partition coefficient (Wildman–Crippen LogP) is 7.18. The molecular formula is C28H23BrClF3N4O2. The van der Waals surface area contributed by atoms with Gasteiger partial charge in [0.25, 0.3) is 0 Å². The van der Waals surface area contributed by atoms with Crippen molar-refractivity contribution in [3.8, 4) is 5.75 Å². The van der Waals surface area contributed by atoms with Crippen molar-refractivity contribution in [3.63, 3.8) is 0 Å². The maximum Gasteiger partial charge on any atom is 0.573 e. The summed E-state index contributed by atoms with van der Waals surface area (Å²) in [6, 6.07) is 15.0. The number of pyridine rings is 1. The lowest BCUT2D eigenvalue weighted by Crippen LogP contribution is -2.34. The molecule has 1 N–H and O–H groups in total. The molecule has 0 aliphatic carbocycles. The van der Waals surface area contributed by atoms with Crippen molar-refractivity contribution in [3.05, 3.63) is 98.9 Å². The van der Waals surface area contributed by atoms with E-state index in [-0.39, 0.29) is 11.8 Å². The number of hydrogen-bond acceptors (Lipinski definition) is 4. The van der Waals surface area contributed by atoms with Crippen LogP contribution in [0.4, 0.5) is 18.0 Å². The Labute approximate surface area is 236 Å². The second-order valence-corrected chi connectivity index (χ2v) is 10.4. The van der Waals surface area contributed by atoms with Gasteiger partial charge in [0.15, 0.2) is 0 Å². The molecule has 0 saturated carbocycles. The van der Waals surface area contributed by atoms with E-state index < -0.39 is 6.36 Å². The Balaban J connectivity index is 1.30. The molecule has 0 unspecified atom stereocenters. The molecule has 0 spiro atoms. The highest BCUT2D eigenvalue weighted by molar-refractivity contribution is 9.10. The summed E-state index contributed by atoms with van der Waals surface area (Å²) in [6.45, 7) is 2.38. The highest BCUT2D eigenvalue weighted by atomic mass is 79.9. The Morgan fingerprint density at radius 3 is 2.69 bits per heavy atom. The van der Waals surface area contributed by atoms with E-state index in [1.54, 1.807) is 29.0 Å². The summed E-state index contributed by atoms with van der Waals surface area (Å²) < 4.78 is 43.7. The number of rotatable bonds is 6. The zero-order valence-electron chi connectivity index (χ0n) is 20.5. The van der Waals surface area contributed by atoms with Crippen molar-refractivity contribution in [2.24, 2.45) is 0 Å². The summed E-state index contributed by atoms with van der Waals surface area (Å²) in [5.74, 6) is -0.251. The molecule has 1 aliphatic heterocycles. The molecular weight excluding hydrogens is 597 g/mol. The molecule has 5 rings (SSSR count). The topological polar surface area (TPSA) is 59.4 Å². The van der Waals surface area contributed by atoms with Crippen LogP contribution in [0.3, 0.4) is 0 Å². The van der Waals surface area contributed by atoms with Gasteiger partial charge in [-0.05, 0) is 59.2 Å². The molecule has 0 atom stereocenters. The van der Waals surface area contributed by atoms with Crippen molar-refractivity contribution in [1.82, 2.24) is 19.8 Å². The average molecular weight is 620 g/mol. The van der Waals surface area contributed by atoms with Gasteiger partial charge in [0, 0.05) is 54.3 Å². The Kier molecular flexibility index (Phi) is 7.97. The molecule has 1 aliphatic rings. The highest BCUT2D eigenvalue weighted by Gasteiger charge is 2.31. The standard InChI is InChI=1S/C28H23BrClF3N4O2/c29-20-5-8-24-22(15-20)23-17-36(12-1-2-18-3-6-21(7-4-18)39-28(31,32)33)13-10-25(23)37(24)27(38)35-16-19-9-11-34-26(30)14-19/h1-9,11,14-15H,10,12-13,16-17H2,(H,35,38). The lowest BCUT2D eigenvalue weighted by Gasteiger charge is -2.27. The Morgan fingerprint density at radius 1 is 1.15 bits per heavy atom. The summed E-state index contributed by atoms with van der Waals surface area (Å²) in [5, 5.41) is 4.38.